The lowest BCUT2D eigenvalue weighted by atomic mass is 10.1. The van der Waals surface area contributed by atoms with Gasteiger partial charge in [-0.15, -0.1) is 0 Å². The van der Waals surface area contributed by atoms with E-state index in [1.165, 1.54) is 0 Å². The molecule has 0 amide bonds. The minimum atomic E-state index is -0.101. The zero-order valence-electron chi connectivity index (χ0n) is 12.9. The Hall–Kier alpha value is -2.17. The molecule has 0 fully saturated rings. The molecular formula is C18H21N3O. The number of rotatable bonds is 5. The Kier molecular flexibility index (Phi) is 4.22. The van der Waals surface area contributed by atoms with Crippen LogP contribution in [0.5, 0.6) is 0 Å². The van der Waals surface area contributed by atoms with Gasteiger partial charge in [-0.3, -0.25) is 5.32 Å². The van der Waals surface area contributed by atoms with Gasteiger partial charge in [-0.2, -0.15) is 0 Å². The fourth-order valence-electron chi connectivity index (χ4n) is 2.87. The van der Waals surface area contributed by atoms with Crippen LogP contribution in [-0.4, -0.2) is 21.3 Å². The molecule has 0 aliphatic heterocycles. The van der Waals surface area contributed by atoms with Crippen LogP contribution in [0, 0.1) is 0 Å². The Morgan fingerprint density at radius 3 is 2.45 bits per heavy atom. The van der Waals surface area contributed by atoms with Gasteiger partial charge in [0.1, 0.15) is 5.82 Å². The summed E-state index contributed by atoms with van der Waals surface area (Å²) in [6, 6.07) is 18.0. The number of aliphatic hydroxyl groups is 1. The number of nitrogens with one attached hydrogen (secondary N) is 1. The van der Waals surface area contributed by atoms with E-state index in [1.54, 1.807) is 0 Å². The fourth-order valence-corrected chi connectivity index (χ4v) is 2.87. The SMILES string of the molecule is CC(NC(CO)c1ccccc1)c1nc2ccccc2n1C. The molecule has 3 aromatic rings. The molecule has 22 heavy (non-hydrogen) atoms. The molecule has 2 atom stereocenters. The highest BCUT2D eigenvalue weighted by Crippen LogP contribution is 2.22. The van der Waals surface area contributed by atoms with Crippen LogP contribution in [-0.2, 0) is 7.05 Å². The Morgan fingerprint density at radius 1 is 1.09 bits per heavy atom. The molecule has 0 saturated heterocycles. The van der Waals surface area contributed by atoms with E-state index in [2.05, 4.69) is 22.9 Å². The third kappa shape index (κ3) is 2.75. The van der Waals surface area contributed by atoms with Gasteiger partial charge in [-0.1, -0.05) is 42.5 Å². The number of hydrogen-bond acceptors (Lipinski definition) is 3. The molecule has 2 aromatic carbocycles. The molecule has 0 bridgehead atoms. The number of fused-ring (bicyclic) bond motifs is 1. The highest BCUT2D eigenvalue weighted by molar-refractivity contribution is 5.75. The number of nitrogens with zero attached hydrogens (tertiary/aromatic N) is 2. The van der Waals surface area contributed by atoms with E-state index >= 15 is 0 Å². The molecule has 0 aliphatic rings. The zero-order valence-corrected chi connectivity index (χ0v) is 12.9. The number of aromatic nitrogens is 2. The average Bonchev–Trinajstić information content (AvgIpc) is 2.91. The molecular weight excluding hydrogens is 274 g/mol. The van der Waals surface area contributed by atoms with Crippen LogP contribution >= 0.6 is 0 Å². The lowest BCUT2D eigenvalue weighted by molar-refractivity contribution is 0.233. The molecule has 1 heterocycles. The Bertz CT molecular complexity index is 751. The summed E-state index contributed by atoms with van der Waals surface area (Å²) in [6.07, 6.45) is 0. The Balaban J connectivity index is 1.86. The van der Waals surface area contributed by atoms with E-state index in [0.717, 1.165) is 22.4 Å². The largest absolute Gasteiger partial charge is 0.394 e. The Labute approximate surface area is 130 Å². The van der Waals surface area contributed by atoms with Crippen LogP contribution in [0.15, 0.2) is 54.6 Å². The second kappa shape index (κ2) is 6.30. The first-order valence-electron chi connectivity index (χ1n) is 7.54. The summed E-state index contributed by atoms with van der Waals surface area (Å²) in [5, 5.41) is 13.2. The summed E-state index contributed by atoms with van der Waals surface area (Å²) >= 11 is 0. The highest BCUT2D eigenvalue weighted by atomic mass is 16.3. The predicted octanol–water partition coefficient (Wildman–Crippen LogP) is 2.96. The van der Waals surface area contributed by atoms with Gasteiger partial charge in [0.2, 0.25) is 0 Å². The van der Waals surface area contributed by atoms with Crippen LogP contribution < -0.4 is 5.32 Å². The monoisotopic (exact) mass is 295 g/mol. The van der Waals surface area contributed by atoms with Crippen molar-refractivity contribution in [1.29, 1.82) is 0 Å². The summed E-state index contributed by atoms with van der Waals surface area (Å²) in [5.41, 5.74) is 3.19. The number of hydrogen-bond donors (Lipinski definition) is 2. The molecule has 1 aromatic heterocycles. The first-order valence-corrected chi connectivity index (χ1v) is 7.54. The van der Waals surface area contributed by atoms with Gasteiger partial charge in [-0.05, 0) is 24.6 Å². The summed E-state index contributed by atoms with van der Waals surface area (Å²) < 4.78 is 2.10. The van der Waals surface area contributed by atoms with Gasteiger partial charge in [0, 0.05) is 7.05 Å². The van der Waals surface area contributed by atoms with Crippen LogP contribution in [0.25, 0.3) is 11.0 Å². The maximum atomic E-state index is 9.69. The minimum absolute atomic E-state index is 0.0368. The maximum absolute atomic E-state index is 9.69. The normalized spacial score (nSPS) is 14.1. The van der Waals surface area contributed by atoms with Gasteiger partial charge in [-0.25, -0.2) is 4.98 Å². The quantitative estimate of drug-likeness (QED) is 0.761. The van der Waals surface area contributed by atoms with Crippen molar-refractivity contribution < 1.29 is 5.11 Å². The fraction of sp³-hybridized carbons (Fsp3) is 0.278. The van der Waals surface area contributed by atoms with Crippen molar-refractivity contribution in [2.75, 3.05) is 6.61 Å². The van der Waals surface area contributed by atoms with Gasteiger partial charge < -0.3 is 9.67 Å². The van der Waals surface area contributed by atoms with Gasteiger partial charge in [0.25, 0.3) is 0 Å². The van der Waals surface area contributed by atoms with E-state index in [1.807, 2.05) is 55.6 Å². The highest BCUT2D eigenvalue weighted by Gasteiger charge is 2.18. The lowest BCUT2D eigenvalue weighted by Crippen LogP contribution is -2.28. The molecule has 4 nitrogen and oxygen atoms in total. The van der Waals surface area contributed by atoms with Crippen LogP contribution in [0.3, 0.4) is 0 Å². The molecule has 3 rings (SSSR count). The van der Waals surface area contributed by atoms with Crippen molar-refractivity contribution >= 4 is 11.0 Å². The molecule has 2 unspecified atom stereocenters. The van der Waals surface area contributed by atoms with Crippen molar-refractivity contribution in [1.82, 2.24) is 14.9 Å². The van der Waals surface area contributed by atoms with Crippen LogP contribution in [0.1, 0.15) is 30.4 Å². The smallest absolute Gasteiger partial charge is 0.126 e. The van der Waals surface area contributed by atoms with Gasteiger partial charge >= 0.3 is 0 Å². The molecule has 4 heteroatoms. The van der Waals surface area contributed by atoms with Gasteiger partial charge in [0.15, 0.2) is 0 Å². The minimum Gasteiger partial charge on any atom is -0.394 e. The van der Waals surface area contributed by atoms with Gasteiger partial charge in [0.05, 0.1) is 29.7 Å². The topological polar surface area (TPSA) is 50.1 Å². The van der Waals surface area contributed by atoms with Crippen LogP contribution in [0.4, 0.5) is 0 Å². The summed E-state index contributed by atoms with van der Waals surface area (Å²) in [5.74, 6) is 0.968. The first kappa shape index (κ1) is 14.8. The van der Waals surface area contributed by atoms with Crippen molar-refractivity contribution in [3.05, 3.63) is 66.0 Å². The Morgan fingerprint density at radius 2 is 1.77 bits per heavy atom. The zero-order chi connectivity index (χ0) is 15.5. The van der Waals surface area contributed by atoms with Crippen molar-refractivity contribution in [2.45, 2.75) is 19.0 Å². The molecule has 0 saturated carbocycles. The summed E-state index contributed by atoms with van der Waals surface area (Å²) in [4.78, 5) is 4.71. The number of aliphatic hydroxyl groups excluding tert-OH is 1. The molecule has 0 aliphatic carbocycles. The van der Waals surface area contributed by atoms with Crippen molar-refractivity contribution in [3.63, 3.8) is 0 Å². The molecule has 114 valence electrons. The first-order chi connectivity index (χ1) is 10.7. The number of imidazole rings is 1. The molecule has 2 N–H and O–H groups in total. The maximum Gasteiger partial charge on any atom is 0.126 e. The third-order valence-electron chi connectivity index (χ3n) is 4.04. The summed E-state index contributed by atoms with van der Waals surface area (Å²) in [6.45, 7) is 2.13. The van der Waals surface area contributed by atoms with Crippen LogP contribution in [0.2, 0.25) is 0 Å². The second-order valence-electron chi connectivity index (χ2n) is 5.55. The summed E-state index contributed by atoms with van der Waals surface area (Å²) in [7, 11) is 2.03. The van der Waals surface area contributed by atoms with E-state index in [9.17, 15) is 5.11 Å². The lowest BCUT2D eigenvalue weighted by Gasteiger charge is -2.22. The number of benzene rings is 2. The standard InChI is InChI=1S/C18H21N3O/c1-13(19-16(12-22)14-8-4-3-5-9-14)18-20-15-10-6-7-11-17(15)21(18)2/h3-11,13,16,19,22H,12H2,1-2H3. The van der Waals surface area contributed by atoms with E-state index in [-0.39, 0.29) is 18.7 Å². The molecule has 0 radical (unpaired) electrons. The van der Waals surface area contributed by atoms with Crippen molar-refractivity contribution in [2.24, 2.45) is 7.05 Å². The number of para-hydroxylation sites is 2. The average molecular weight is 295 g/mol. The predicted molar refractivity (Wildman–Crippen MR) is 88.5 cm³/mol. The number of aryl methyl sites for hydroxylation is 1. The third-order valence-corrected chi connectivity index (χ3v) is 4.04. The molecule has 0 spiro atoms. The van der Waals surface area contributed by atoms with Crippen molar-refractivity contribution in [3.8, 4) is 0 Å². The van der Waals surface area contributed by atoms with E-state index in [0.29, 0.717) is 0 Å². The van der Waals surface area contributed by atoms with E-state index < -0.39 is 0 Å². The van der Waals surface area contributed by atoms with E-state index in [4.69, 9.17) is 4.98 Å². The second-order valence-corrected chi connectivity index (χ2v) is 5.55.